The highest BCUT2D eigenvalue weighted by molar-refractivity contribution is 7.89. The quantitative estimate of drug-likeness (QED) is 0.445. The molecule has 27 heavy (non-hydrogen) atoms. The van der Waals surface area contributed by atoms with Gasteiger partial charge < -0.3 is 9.53 Å². The van der Waals surface area contributed by atoms with Crippen molar-refractivity contribution >= 4 is 22.3 Å². The van der Waals surface area contributed by atoms with Gasteiger partial charge in [0, 0.05) is 6.04 Å². The molecule has 1 fully saturated rings. The number of sulfonamides is 1. The Bertz CT molecular complexity index is 782. The first kappa shape index (κ1) is 21.4. The highest BCUT2D eigenvalue weighted by Crippen LogP contribution is 2.36. The number of esters is 1. The van der Waals surface area contributed by atoms with E-state index in [4.69, 9.17) is 4.74 Å². The van der Waals surface area contributed by atoms with Gasteiger partial charge in [-0.3, -0.25) is 4.79 Å². The molecule has 0 heterocycles. The molecule has 1 aromatic carbocycles. The maximum absolute atomic E-state index is 12.6. The van der Waals surface area contributed by atoms with Gasteiger partial charge in [-0.25, -0.2) is 13.1 Å². The summed E-state index contributed by atoms with van der Waals surface area (Å²) in [6.07, 6.45) is -3.27. The van der Waals surface area contributed by atoms with E-state index in [9.17, 15) is 31.2 Å². The molecule has 1 saturated carbocycles. The third-order valence-electron chi connectivity index (χ3n) is 4.60. The molecule has 0 aliphatic heterocycles. The van der Waals surface area contributed by atoms with Crippen molar-refractivity contribution in [1.82, 2.24) is 4.72 Å². The first-order valence-electron chi connectivity index (χ1n) is 8.37. The predicted molar refractivity (Wildman–Crippen MR) is 89.2 cm³/mol. The number of carbonyl (C=O) groups is 2. The van der Waals surface area contributed by atoms with E-state index in [0.29, 0.717) is 18.4 Å². The van der Waals surface area contributed by atoms with E-state index in [0.717, 1.165) is 12.1 Å². The van der Waals surface area contributed by atoms with Crippen LogP contribution in [0.15, 0.2) is 29.2 Å². The van der Waals surface area contributed by atoms with Crippen molar-refractivity contribution in [3.8, 4) is 0 Å². The normalized spacial score (nSPS) is 23.6. The fourth-order valence-corrected chi connectivity index (χ4v) is 4.31. The van der Waals surface area contributed by atoms with E-state index in [-0.39, 0.29) is 37.2 Å². The zero-order valence-corrected chi connectivity index (χ0v) is 15.4. The van der Waals surface area contributed by atoms with Crippen LogP contribution in [0.25, 0.3) is 0 Å². The van der Waals surface area contributed by atoms with Crippen LogP contribution in [-0.4, -0.2) is 33.3 Å². The molecule has 0 spiro atoms. The van der Waals surface area contributed by atoms with Gasteiger partial charge in [0.1, 0.15) is 11.7 Å². The van der Waals surface area contributed by atoms with Crippen molar-refractivity contribution in [2.75, 3.05) is 6.61 Å². The second-order valence-electron chi connectivity index (χ2n) is 6.41. The van der Waals surface area contributed by atoms with Gasteiger partial charge in [-0.05, 0) is 56.9 Å². The van der Waals surface area contributed by atoms with Crippen LogP contribution in [0.1, 0.15) is 38.2 Å². The van der Waals surface area contributed by atoms with Crippen LogP contribution in [0.2, 0.25) is 0 Å². The van der Waals surface area contributed by atoms with Crippen LogP contribution in [0.4, 0.5) is 13.2 Å². The predicted octanol–water partition coefficient (Wildman–Crippen LogP) is 2.67. The summed E-state index contributed by atoms with van der Waals surface area (Å²) in [5.41, 5.74) is -2.21. The van der Waals surface area contributed by atoms with E-state index in [1.54, 1.807) is 6.92 Å². The number of aldehydes is 1. The van der Waals surface area contributed by atoms with Crippen LogP contribution in [0.3, 0.4) is 0 Å². The number of alkyl halides is 3. The molecule has 0 bridgehead atoms. The molecule has 0 unspecified atom stereocenters. The second kappa shape index (κ2) is 7.97. The summed E-state index contributed by atoms with van der Waals surface area (Å²) in [5, 5.41) is 0. The lowest BCUT2D eigenvalue weighted by Crippen LogP contribution is -2.44. The Morgan fingerprint density at radius 2 is 1.81 bits per heavy atom. The lowest BCUT2D eigenvalue weighted by molar-refractivity contribution is -0.159. The first-order chi connectivity index (χ1) is 12.5. The topological polar surface area (TPSA) is 89.5 Å². The Labute approximate surface area is 155 Å². The minimum absolute atomic E-state index is 0.134. The van der Waals surface area contributed by atoms with Crippen LogP contribution in [0.5, 0.6) is 0 Å². The molecule has 1 N–H and O–H groups in total. The summed E-state index contributed by atoms with van der Waals surface area (Å²) in [7, 11) is -4.02. The molecule has 0 amide bonds. The van der Waals surface area contributed by atoms with Gasteiger partial charge in [-0.2, -0.15) is 13.2 Å². The SMILES string of the molecule is CCOC(=O)C1(C=O)CCC(NS(=O)(=O)c2ccc(C(F)(F)F)cc2)CC1. The molecule has 0 aromatic heterocycles. The van der Waals surface area contributed by atoms with Gasteiger partial charge in [0.05, 0.1) is 17.1 Å². The van der Waals surface area contributed by atoms with Crippen LogP contribution < -0.4 is 4.72 Å². The molecule has 1 aliphatic rings. The van der Waals surface area contributed by atoms with Gasteiger partial charge in [0.25, 0.3) is 0 Å². The van der Waals surface area contributed by atoms with Gasteiger partial charge in [-0.15, -0.1) is 0 Å². The summed E-state index contributed by atoms with van der Waals surface area (Å²) in [6, 6.07) is 2.66. The summed E-state index contributed by atoms with van der Waals surface area (Å²) < 4.78 is 69.8. The third-order valence-corrected chi connectivity index (χ3v) is 6.14. The van der Waals surface area contributed by atoms with Gasteiger partial charge >= 0.3 is 12.1 Å². The van der Waals surface area contributed by atoms with E-state index in [2.05, 4.69) is 4.72 Å². The zero-order chi connectivity index (χ0) is 20.3. The van der Waals surface area contributed by atoms with E-state index in [1.165, 1.54) is 0 Å². The fraction of sp³-hybridized carbons (Fsp3) is 0.529. The number of ether oxygens (including phenoxy) is 1. The van der Waals surface area contributed by atoms with Crippen molar-refractivity contribution in [3.63, 3.8) is 0 Å². The van der Waals surface area contributed by atoms with E-state index >= 15 is 0 Å². The lowest BCUT2D eigenvalue weighted by Gasteiger charge is -2.34. The Balaban J connectivity index is 2.05. The third kappa shape index (κ3) is 4.86. The minimum atomic E-state index is -4.55. The Morgan fingerprint density at radius 3 is 2.26 bits per heavy atom. The Kier molecular flexibility index (Phi) is 6.31. The standard InChI is InChI=1S/C17H20F3NO5S/c1-2-26-15(23)16(11-22)9-7-13(8-10-16)21-27(24,25)14-5-3-12(4-6-14)17(18,19)20/h3-6,11,13,21H,2,7-10H2,1H3. The minimum Gasteiger partial charge on any atom is -0.465 e. The molecule has 0 saturated heterocycles. The Morgan fingerprint density at radius 1 is 1.26 bits per heavy atom. The molecule has 1 aromatic rings. The zero-order valence-electron chi connectivity index (χ0n) is 14.6. The number of benzene rings is 1. The molecule has 150 valence electrons. The smallest absolute Gasteiger partial charge is 0.416 e. The largest absolute Gasteiger partial charge is 0.465 e. The van der Waals surface area contributed by atoms with E-state index < -0.39 is 39.2 Å². The molecule has 10 heteroatoms. The summed E-state index contributed by atoms with van der Waals surface area (Å²) in [4.78, 5) is 23.1. The van der Waals surface area contributed by atoms with Crippen LogP contribution in [0, 0.1) is 5.41 Å². The van der Waals surface area contributed by atoms with Crippen LogP contribution >= 0.6 is 0 Å². The number of halogens is 3. The Hall–Kier alpha value is -1.94. The number of carbonyl (C=O) groups excluding carboxylic acids is 2. The van der Waals surface area contributed by atoms with Crippen molar-refractivity contribution in [1.29, 1.82) is 0 Å². The molecule has 1 aliphatic carbocycles. The highest BCUT2D eigenvalue weighted by Gasteiger charge is 2.43. The van der Waals surface area contributed by atoms with Gasteiger partial charge in [0.2, 0.25) is 10.0 Å². The number of nitrogens with one attached hydrogen (secondary N) is 1. The van der Waals surface area contributed by atoms with Crippen molar-refractivity contribution in [3.05, 3.63) is 29.8 Å². The monoisotopic (exact) mass is 407 g/mol. The first-order valence-corrected chi connectivity index (χ1v) is 9.85. The number of rotatable bonds is 6. The maximum Gasteiger partial charge on any atom is 0.416 e. The van der Waals surface area contributed by atoms with Crippen molar-refractivity contribution in [2.24, 2.45) is 5.41 Å². The maximum atomic E-state index is 12.6. The van der Waals surface area contributed by atoms with Gasteiger partial charge in [0.15, 0.2) is 0 Å². The van der Waals surface area contributed by atoms with Crippen molar-refractivity contribution in [2.45, 2.75) is 49.7 Å². The molecular weight excluding hydrogens is 387 g/mol. The fourth-order valence-electron chi connectivity index (χ4n) is 3.01. The van der Waals surface area contributed by atoms with Crippen molar-refractivity contribution < 1.29 is 35.9 Å². The molecule has 2 rings (SSSR count). The van der Waals surface area contributed by atoms with Gasteiger partial charge in [-0.1, -0.05) is 0 Å². The summed E-state index contributed by atoms with van der Waals surface area (Å²) in [6.45, 7) is 1.76. The summed E-state index contributed by atoms with van der Waals surface area (Å²) in [5.74, 6) is -0.621. The number of hydrogen-bond donors (Lipinski definition) is 1. The lowest BCUT2D eigenvalue weighted by atomic mass is 9.74. The second-order valence-corrected chi connectivity index (χ2v) is 8.13. The average Bonchev–Trinajstić information content (AvgIpc) is 2.62. The number of hydrogen-bond acceptors (Lipinski definition) is 5. The molecular formula is C17H20F3NO5S. The van der Waals surface area contributed by atoms with Crippen LogP contribution in [-0.2, 0) is 30.5 Å². The molecule has 6 nitrogen and oxygen atoms in total. The van der Waals surface area contributed by atoms with E-state index in [1.807, 2.05) is 0 Å². The molecule has 0 radical (unpaired) electrons. The summed E-state index contributed by atoms with van der Waals surface area (Å²) >= 11 is 0. The average molecular weight is 407 g/mol. The highest BCUT2D eigenvalue weighted by atomic mass is 32.2. The molecule has 0 atom stereocenters.